The quantitative estimate of drug-likeness (QED) is 0.803. The molecule has 0 aromatic carbocycles. The van der Waals surface area contributed by atoms with Gasteiger partial charge >= 0.3 is 0 Å². The van der Waals surface area contributed by atoms with E-state index in [2.05, 4.69) is 15.0 Å². The predicted octanol–water partition coefficient (Wildman–Crippen LogP) is 1.94. The lowest BCUT2D eigenvalue weighted by Crippen LogP contribution is -2.66. The first kappa shape index (κ1) is 18.0. The van der Waals surface area contributed by atoms with Crippen molar-refractivity contribution >= 4 is 5.91 Å². The van der Waals surface area contributed by atoms with Crippen LogP contribution in [-0.2, 0) is 16.1 Å². The van der Waals surface area contributed by atoms with E-state index in [1.165, 1.54) is 6.20 Å². The Kier molecular flexibility index (Phi) is 4.88. The summed E-state index contributed by atoms with van der Waals surface area (Å²) in [4.78, 5) is 27.1. The largest absolute Gasteiger partial charge is 0.375 e. The molecule has 0 radical (unpaired) electrons. The molecule has 0 bridgehead atoms. The molecule has 2 aliphatic heterocycles. The topological polar surface area (TPSA) is 77.4 Å². The smallest absolute Gasteiger partial charge is 0.274 e. The van der Waals surface area contributed by atoms with Crippen LogP contribution < -0.4 is 0 Å². The molecule has 1 atom stereocenters. The highest BCUT2D eigenvalue weighted by Gasteiger charge is 2.54. The minimum Gasteiger partial charge on any atom is -0.375 e. The summed E-state index contributed by atoms with van der Waals surface area (Å²) in [7, 11) is 0. The highest BCUT2D eigenvalue weighted by molar-refractivity contribution is 5.92. The number of nitrogens with zero attached hydrogens (tertiary/aromatic N) is 4. The van der Waals surface area contributed by atoms with Gasteiger partial charge in [0.25, 0.3) is 5.91 Å². The maximum absolute atomic E-state index is 12.5. The minimum absolute atomic E-state index is 0.0905. The minimum atomic E-state index is -0.284. The summed E-state index contributed by atoms with van der Waals surface area (Å²) in [6.07, 6.45) is 4.10. The average Bonchev–Trinajstić information content (AvgIpc) is 3.05. The Morgan fingerprint density at radius 2 is 2.11 bits per heavy atom. The van der Waals surface area contributed by atoms with Gasteiger partial charge in [-0.15, -0.1) is 0 Å². The first-order valence-corrected chi connectivity index (χ1v) is 9.28. The highest BCUT2D eigenvalue weighted by Crippen LogP contribution is 2.40. The lowest BCUT2D eigenvalue weighted by Gasteiger charge is -2.49. The van der Waals surface area contributed by atoms with Gasteiger partial charge in [-0.1, -0.05) is 6.07 Å². The van der Waals surface area contributed by atoms with E-state index in [0.717, 1.165) is 23.5 Å². The summed E-state index contributed by atoms with van der Waals surface area (Å²) < 4.78 is 11.9. The second kappa shape index (κ2) is 7.32. The third-order valence-corrected chi connectivity index (χ3v) is 5.32. The van der Waals surface area contributed by atoms with Crippen molar-refractivity contribution < 1.29 is 14.3 Å². The van der Waals surface area contributed by atoms with E-state index in [1.54, 1.807) is 11.1 Å². The van der Waals surface area contributed by atoms with E-state index >= 15 is 0 Å². The maximum atomic E-state index is 12.5. The average molecular weight is 368 g/mol. The van der Waals surface area contributed by atoms with Crippen molar-refractivity contribution in [1.29, 1.82) is 0 Å². The molecule has 0 unspecified atom stereocenters. The van der Waals surface area contributed by atoms with Gasteiger partial charge in [0, 0.05) is 24.4 Å². The van der Waals surface area contributed by atoms with Crippen molar-refractivity contribution in [2.75, 3.05) is 26.3 Å². The molecular weight excluding hydrogens is 344 g/mol. The molecule has 4 rings (SSSR count). The maximum Gasteiger partial charge on any atom is 0.274 e. The van der Waals surface area contributed by atoms with Crippen LogP contribution >= 0.6 is 0 Å². The Morgan fingerprint density at radius 1 is 1.26 bits per heavy atom. The number of aromatic nitrogens is 3. The molecule has 27 heavy (non-hydrogen) atoms. The molecule has 2 saturated heterocycles. The molecule has 4 heterocycles. The second-order valence-electron chi connectivity index (χ2n) is 7.39. The molecule has 0 N–H and O–H groups in total. The van der Waals surface area contributed by atoms with Crippen molar-refractivity contribution in [2.24, 2.45) is 5.92 Å². The second-order valence-corrected chi connectivity index (χ2v) is 7.39. The molecule has 0 aliphatic carbocycles. The molecule has 2 aromatic heterocycles. The van der Waals surface area contributed by atoms with Gasteiger partial charge in [0.2, 0.25) is 0 Å². The number of pyridine rings is 1. The fourth-order valence-corrected chi connectivity index (χ4v) is 3.76. The fourth-order valence-electron chi connectivity index (χ4n) is 3.76. The van der Waals surface area contributed by atoms with Crippen molar-refractivity contribution in [3.8, 4) is 0 Å². The molecule has 7 heteroatoms. The normalized spacial score (nSPS) is 20.7. The lowest BCUT2D eigenvalue weighted by atomic mass is 9.81. The van der Waals surface area contributed by atoms with Crippen LogP contribution in [0.4, 0.5) is 0 Å². The molecule has 1 spiro atoms. The van der Waals surface area contributed by atoms with Gasteiger partial charge in [0.15, 0.2) is 0 Å². The standard InChI is InChI=1S/C20H24N4O3/c1-14-4-3-5-17(23-14)11-26-10-16-6-7-27-20(16)12-24(13-20)19(25)18-9-21-15(2)8-22-18/h3-5,8-9,16H,6-7,10-13H2,1-2H3/t16-/m0/s1. The molecule has 142 valence electrons. The van der Waals surface area contributed by atoms with E-state index in [0.29, 0.717) is 38.6 Å². The van der Waals surface area contributed by atoms with Gasteiger partial charge in [-0.3, -0.25) is 14.8 Å². The van der Waals surface area contributed by atoms with Crippen LogP contribution in [0.2, 0.25) is 0 Å². The van der Waals surface area contributed by atoms with Gasteiger partial charge in [0.1, 0.15) is 11.3 Å². The van der Waals surface area contributed by atoms with Crippen molar-refractivity contribution in [3.63, 3.8) is 0 Å². The Hall–Kier alpha value is -2.38. The van der Waals surface area contributed by atoms with Gasteiger partial charge in [-0.25, -0.2) is 4.98 Å². The Balaban J connectivity index is 1.31. The lowest BCUT2D eigenvalue weighted by molar-refractivity contribution is -0.129. The summed E-state index contributed by atoms with van der Waals surface area (Å²) >= 11 is 0. The van der Waals surface area contributed by atoms with Crippen LogP contribution in [0.1, 0.15) is 34.0 Å². The van der Waals surface area contributed by atoms with Crippen LogP contribution in [0, 0.1) is 19.8 Å². The van der Waals surface area contributed by atoms with Crippen molar-refractivity contribution in [1.82, 2.24) is 19.9 Å². The molecule has 2 fully saturated rings. The molecule has 7 nitrogen and oxygen atoms in total. The molecular formula is C20H24N4O3. The Labute approximate surface area is 158 Å². The molecule has 2 aromatic rings. The van der Waals surface area contributed by atoms with Crippen LogP contribution in [0.25, 0.3) is 0 Å². The first-order chi connectivity index (χ1) is 13.1. The number of likely N-dealkylation sites (tertiary alicyclic amines) is 1. The van der Waals surface area contributed by atoms with Crippen LogP contribution in [0.3, 0.4) is 0 Å². The molecule has 2 aliphatic rings. The van der Waals surface area contributed by atoms with E-state index < -0.39 is 0 Å². The van der Waals surface area contributed by atoms with Gasteiger partial charge in [-0.2, -0.15) is 0 Å². The summed E-state index contributed by atoms with van der Waals surface area (Å²) in [6, 6.07) is 5.94. The van der Waals surface area contributed by atoms with E-state index in [4.69, 9.17) is 9.47 Å². The zero-order valence-electron chi connectivity index (χ0n) is 15.7. The van der Waals surface area contributed by atoms with Crippen LogP contribution in [-0.4, -0.2) is 57.7 Å². The van der Waals surface area contributed by atoms with Gasteiger partial charge < -0.3 is 14.4 Å². The van der Waals surface area contributed by atoms with Crippen LogP contribution in [0.5, 0.6) is 0 Å². The Bertz CT molecular complexity index is 818. The monoisotopic (exact) mass is 368 g/mol. The number of hydrogen-bond acceptors (Lipinski definition) is 6. The summed E-state index contributed by atoms with van der Waals surface area (Å²) in [5, 5.41) is 0. The SMILES string of the molecule is Cc1cnc(C(=O)N2CC3(C2)OCC[C@H]3COCc2cccc(C)n2)cn1. The Morgan fingerprint density at radius 3 is 2.85 bits per heavy atom. The molecule has 1 amide bonds. The van der Waals surface area contributed by atoms with E-state index in [1.807, 2.05) is 32.0 Å². The number of carbonyl (C=O) groups is 1. The van der Waals surface area contributed by atoms with Gasteiger partial charge in [0.05, 0.1) is 43.9 Å². The number of ether oxygens (including phenoxy) is 2. The summed E-state index contributed by atoms with van der Waals surface area (Å²) in [5.74, 6) is 0.197. The fraction of sp³-hybridized carbons (Fsp3) is 0.500. The summed E-state index contributed by atoms with van der Waals surface area (Å²) in [5.41, 5.74) is 2.82. The number of amides is 1. The zero-order valence-corrected chi connectivity index (χ0v) is 15.7. The number of hydrogen-bond donors (Lipinski definition) is 0. The number of carbonyl (C=O) groups excluding carboxylic acids is 1. The third-order valence-electron chi connectivity index (χ3n) is 5.32. The summed E-state index contributed by atoms with van der Waals surface area (Å²) in [6.45, 7) is 6.81. The highest BCUT2D eigenvalue weighted by atomic mass is 16.5. The van der Waals surface area contributed by atoms with E-state index in [9.17, 15) is 4.79 Å². The number of aryl methyl sites for hydroxylation is 2. The number of rotatable bonds is 5. The predicted molar refractivity (Wildman–Crippen MR) is 98.1 cm³/mol. The van der Waals surface area contributed by atoms with Gasteiger partial charge in [-0.05, 0) is 32.4 Å². The first-order valence-electron chi connectivity index (χ1n) is 9.28. The molecule has 0 saturated carbocycles. The van der Waals surface area contributed by atoms with Crippen LogP contribution in [0.15, 0.2) is 30.6 Å². The van der Waals surface area contributed by atoms with E-state index in [-0.39, 0.29) is 17.4 Å². The van der Waals surface area contributed by atoms with Crippen molar-refractivity contribution in [3.05, 3.63) is 53.4 Å². The van der Waals surface area contributed by atoms with Crippen molar-refractivity contribution in [2.45, 2.75) is 32.5 Å². The third kappa shape index (κ3) is 3.70. The zero-order chi connectivity index (χ0) is 18.9.